The van der Waals surface area contributed by atoms with E-state index in [0.29, 0.717) is 0 Å². The van der Waals surface area contributed by atoms with Crippen molar-refractivity contribution in [3.8, 4) is 0 Å². The Morgan fingerprint density at radius 2 is 1.31 bits per heavy atom. The van der Waals surface area contributed by atoms with Crippen molar-refractivity contribution in [2.24, 2.45) is 0 Å². The number of allylic oxidation sites excluding steroid dienone is 2. The first-order valence-corrected chi connectivity index (χ1v) is 7.95. The van der Waals surface area contributed by atoms with Crippen LogP contribution >= 0.6 is 0 Å². The van der Waals surface area contributed by atoms with Gasteiger partial charge in [-0.2, -0.15) is 0 Å². The Labute approximate surface area is 165 Å². The van der Waals surface area contributed by atoms with Gasteiger partial charge in [-0.05, 0) is 31.4 Å². The molecule has 0 saturated heterocycles. The van der Waals surface area contributed by atoms with E-state index in [9.17, 15) is 4.79 Å². The van der Waals surface area contributed by atoms with Crippen molar-refractivity contribution in [3.63, 3.8) is 0 Å². The Hall–Kier alpha value is -2.58. The second kappa shape index (κ2) is 8.68. The molecule has 0 aliphatic rings. The molecule has 4 nitrogen and oxygen atoms in total. The number of aromatic nitrogens is 2. The summed E-state index contributed by atoms with van der Waals surface area (Å²) in [6, 6.07) is 16.6. The average Bonchev–Trinajstić information content (AvgIpc) is 2.60. The second-order valence-corrected chi connectivity index (χ2v) is 5.78. The van der Waals surface area contributed by atoms with E-state index in [1.165, 1.54) is 25.3 Å². The molecule has 0 aliphatic carbocycles. The molecular weight excluding hydrogens is 507 g/mol. The summed E-state index contributed by atoms with van der Waals surface area (Å²) in [6.07, 6.45) is 4.84. The first-order chi connectivity index (χ1) is 12.1. The number of carbonyl (C=O) groups is 1. The minimum Gasteiger partial charge on any atom is -0.512 e. The predicted molar refractivity (Wildman–Crippen MR) is 102 cm³/mol. The van der Waals surface area contributed by atoms with E-state index < -0.39 is 0 Å². The average molecular weight is 525 g/mol. The van der Waals surface area contributed by atoms with Crippen LogP contribution in [-0.2, 0) is 25.9 Å². The van der Waals surface area contributed by atoms with Gasteiger partial charge in [-0.1, -0.05) is 36.4 Å². The van der Waals surface area contributed by atoms with Crippen molar-refractivity contribution < 1.29 is 31.0 Å². The van der Waals surface area contributed by atoms with E-state index in [-0.39, 0.29) is 32.6 Å². The molecule has 4 rings (SSSR count). The first kappa shape index (κ1) is 19.7. The molecule has 0 fully saturated rings. The largest absolute Gasteiger partial charge is 0.512 e. The van der Waals surface area contributed by atoms with Gasteiger partial charge in [0, 0.05) is 55.7 Å². The molecule has 1 N–H and O–H groups in total. The fourth-order valence-electron chi connectivity index (χ4n) is 2.78. The Bertz CT molecular complexity index is 1030. The molecule has 0 aliphatic heterocycles. The molecule has 0 bridgehead atoms. The van der Waals surface area contributed by atoms with Crippen LogP contribution in [0.25, 0.3) is 32.6 Å². The number of aliphatic hydroxyl groups is 1. The van der Waals surface area contributed by atoms with Gasteiger partial charge in [-0.15, -0.1) is 0 Å². The molecule has 2 aromatic carbocycles. The number of aliphatic hydroxyl groups excluding tert-OH is 1. The van der Waals surface area contributed by atoms with Crippen molar-refractivity contribution in [3.05, 3.63) is 72.8 Å². The predicted octanol–water partition coefficient (Wildman–Crippen LogP) is 4.97. The fraction of sp³-hybridized carbons (Fsp3) is 0.0952. The van der Waals surface area contributed by atoms with Crippen LogP contribution in [0.3, 0.4) is 0 Å². The number of fused-ring (bicyclic) bond motifs is 5. The van der Waals surface area contributed by atoms with Crippen LogP contribution in [0, 0.1) is 0 Å². The van der Waals surface area contributed by atoms with Gasteiger partial charge in [0.15, 0.2) is 5.78 Å². The van der Waals surface area contributed by atoms with Gasteiger partial charge in [0.2, 0.25) is 0 Å². The number of pyridine rings is 2. The summed E-state index contributed by atoms with van der Waals surface area (Å²) in [6.45, 7) is 2.85. The van der Waals surface area contributed by atoms with E-state index in [1.54, 1.807) is 0 Å². The van der Waals surface area contributed by atoms with Crippen LogP contribution in [0.4, 0.5) is 0 Å². The van der Waals surface area contributed by atoms with Gasteiger partial charge >= 0.3 is 0 Å². The minimum atomic E-state index is -0.125. The molecule has 2 aromatic heterocycles. The summed E-state index contributed by atoms with van der Waals surface area (Å²) in [5.74, 6) is -0.0625. The van der Waals surface area contributed by atoms with Crippen LogP contribution in [-0.4, -0.2) is 20.9 Å². The Kier molecular flexibility index (Phi) is 6.59. The summed E-state index contributed by atoms with van der Waals surface area (Å²) in [5.41, 5.74) is 2.05. The van der Waals surface area contributed by atoms with E-state index in [0.717, 1.165) is 27.2 Å². The number of carbonyl (C=O) groups excluding carboxylic acids is 1. The van der Waals surface area contributed by atoms with Gasteiger partial charge in [0.25, 0.3) is 0 Å². The van der Waals surface area contributed by atoms with Crippen LogP contribution in [0.1, 0.15) is 13.8 Å². The van der Waals surface area contributed by atoms with Crippen molar-refractivity contribution in [1.29, 1.82) is 0 Å². The summed E-state index contributed by atoms with van der Waals surface area (Å²) < 4.78 is 0. The Balaban J connectivity index is 0.000000265. The molecule has 0 saturated carbocycles. The van der Waals surface area contributed by atoms with Gasteiger partial charge in [-0.25, -0.2) is 0 Å². The monoisotopic (exact) mass is 525 g/mol. The fourth-order valence-corrected chi connectivity index (χ4v) is 2.78. The number of hydrogen-bond acceptors (Lipinski definition) is 4. The maximum Gasteiger partial charge on any atom is 0.155 e. The maximum atomic E-state index is 10.0. The molecule has 0 radical (unpaired) electrons. The summed E-state index contributed by atoms with van der Waals surface area (Å²) >= 11 is 0. The maximum absolute atomic E-state index is 10.0. The van der Waals surface area contributed by atoms with Crippen molar-refractivity contribution in [2.45, 2.75) is 13.8 Å². The third kappa shape index (κ3) is 4.33. The van der Waals surface area contributed by atoms with Crippen molar-refractivity contribution in [1.82, 2.24) is 9.97 Å². The minimum absolute atomic E-state index is 0. The summed E-state index contributed by atoms with van der Waals surface area (Å²) in [7, 11) is 0. The number of ketones is 1. The second-order valence-electron chi connectivity index (χ2n) is 5.78. The molecule has 0 atom stereocenters. The van der Waals surface area contributed by atoms with Crippen LogP contribution < -0.4 is 0 Å². The van der Waals surface area contributed by atoms with Crippen LogP contribution in [0.15, 0.2) is 72.8 Å². The van der Waals surface area contributed by atoms with Crippen molar-refractivity contribution >= 4 is 38.4 Å². The standard InChI is InChI=1S/C16H10N2.C5H8O2.Pt/c1-3-12-7-5-11-6-8-13-4-2-10-18-16(13)14(11)15(12)17-9-1;1-4(6)3-5(2)7;/h1-10H;3,6H,1-2H3;. The van der Waals surface area contributed by atoms with Crippen LogP contribution in [0.2, 0.25) is 0 Å². The molecule has 4 aromatic rings. The number of nitrogens with zero attached hydrogens (tertiary/aromatic N) is 2. The topological polar surface area (TPSA) is 63.1 Å². The van der Waals surface area contributed by atoms with Gasteiger partial charge < -0.3 is 5.11 Å². The van der Waals surface area contributed by atoms with Gasteiger partial charge in [0.1, 0.15) is 0 Å². The molecule has 134 valence electrons. The molecule has 2 heterocycles. The molecule has 26 heavy (non-hydrogen) atoms. The number of hydrogen-bond donors (Lipinski definition) is 1. The van der Waals surface area contributed by atoms with E-state index in [1.807, 2.05) is 24.5 Å². The van der Waals surface area contributed by atoms with E-state index in [2.05, 4.69) is 46.4 Å². The molecule has 5 heteroatoms. The first-order valence-electron chi connectivity index (χ1n) is 7.95. The molecule has 0 spiro atoms. The zero-order valence-electron chi connectivity index (χ0n) is 14.4. The SMILES string of the molecule is CC(=O)C=C(C)O.[Pt].c1cnc2c(c1)ccc1ccc3cccnc3c12. The zero-order chi connectivity index (χ0) is 17.8. The van der Waals surface area contributed by atoms with E-state index in [4.69, 9.17) is 5.11 Å². The number of benzene rings is 2. The van der Waals surface area contributed by atoms with E-state index >= 15 is 0 Å². The normalized spacial score (nSPS) is 10.9. The van der Waals surface area contributed by atoms with Gasteiger partial charge in [-0.3, -0.25) is 14.8 Å². The molecule has 0 unspecified atom stereocenters. The molecule has 0 amide bonds. The quantitative estimate of drug-likeness (QED) is 0.217. The third-order valence-corrected chi connectivity index (χ3v) is 3.74. The van der Waals surface area contributed by atoms with Crippen molar-refractivity contribution in [2.75, 3.05) is 0 Å². The van der Waals surface area contributed by atoms with Gasteiger partial charge in [0.05, 0.1) is 16.8 Å². The summed E-state index contributed by atoms with van der Waals surface area (Å²) in [5, 5.41) is 13.0. The summed E-state index contributed by atoms with van der Waals surface area (Å²) in [4.78, 5) is 19.1. The smallest absolute Gasteiger partial charge is 0.155 e. The van der Waals surface area contributed by atoms with Crippen LogP contribution in [0.5, 0.6) is 0 Å². The number of rotatable bonds is 1. The Morgan fingerprint density at radius 1 is 0.846 bits per heavy atom. The Morgan fingerprint density at radius 3 is 1.69 bits per heavy atom. The molecular formula is C21H18N2O2Pt. The third-order valence-electron chi connectivity index (χ3n) is 3.74. The zero-order valence-corrected chi connectivity index (χ0v) is 16.7.